The van der Waals surface area contributed by atoms with E-state index in [9.17, 15) is 4.39 Å². The molecule has 3 rings (SSSR count). The molecule has 6 heteroatoms. The molecule has 0 atom stereocenters. The maximum atomic E-state index is 14.2. The Morgan fingerprint density at radius 1 is 1.10 bits per heavy atom. The van der Waals surface area contributed by atoms with Crippen molar-refractivity contribution in [3.63, 3.8) is 0 Å². The van der Waals surface area contributed by atoms with Crippen LogP contribution in [0.4, 0.5) is 21.5 Å². The molecule has 2 nitrogen and oxygen atoms in total. The first-order chi connectivity index (χ1) is 10.2. The molecule has 1 aliphatic heterocycles. The highest BCUT2D eigenvalue weighted by atomic mass is 79.9. The Morgan fingerprint density at radius 2 is 1.86 bits per heavy atom. The minimum atomic E-state index is -0.313. The fraction of sp³-hybridized carbons (Fsp3) is 0.200. The zero-order chi connectivity index (χ0) is 14.8. The van der Waals surface area contributed by atoms with Crippen LogP contribution in [0.1, 0.15) is 6.42 Å². The number of halogens is 3. The molecule has 2 aromatic rings. The molecular formula is C15H13BrClFN2S. The molecule has 0 N–H and O–H groups in total. The number of hydrogen-bond donors (Lipinski definition) is 0. The molecule has 0 fully saturated rings. The lowest BCUT2D eigenvalue weighted by Gasteiger charge is -2.19. The highest BCUT2D eigenvalue weighted by Gasteiger charge is 2.29. The lowest BCUT2D eigenvalue weighted by molar-refractivity contribution is 0.630. The van der Waals surface area contributed by atoms with Gasteiger partial charge in [-0.25, -0.2) is 4.39 Å². The molecule has 2 aromatic carbocycles. The number of anilines is 3. The molecule has 0 aromatic heterocycles. The van der Waals surface area contributed by atoms with E-state index in [0.29, 0.717) is 10.7 Å². The van der Waals surface area contributed by atoms with E-state index < -0.39 is 0 Å². The van der Waals surface area contributed by atoms with Crippen molar-refractivity contribution < 1.29 is 4.39 Å². The second-order valence-electron chi connectivity index (χ2n) is 4.61. The Bertz CT molecular complexity index is 655. The van der Waals surface area contributed by atoms with Gasteiger partial charge in [0.1, 0.15) is 5.82 Å². The van der Waals surface area contributed by atoms with Crippen LogP contribution in [0.15, 0.2) is 42.5 Å². The molecule has 1 heterocycles. The summed E-state index contributed by atoms with van der Waals surface area (Å²) in [6.07, 6.45) is 1.03. The number of alkyl halides is 1. The highest BCUT2D eigenvalue weighted by molar-refractivity contribution is 9.09. The summed E-state index contributed by atoms with van der Waals surface area (Å²) in [5.74, 6) is -0.313. The van der Waals surface area contributed by atoms with Gasteiger partial charge >= 0.3 is 0 Å². The minimum Gasteiger partial charge on any atom is -0.296 e. The smallest absolute Gasteiger partial charge is 0.149 e. The maximum absolute atomic E-state index is 14.2. The van der Waals surface area contributed by atoms with Gasteiger partial charge in [0.05, 0.1) is 29.2 Å². The first kappa shape index (κ1) is 15.0. The normalized spacial score (nSPS) is 13.7. The largest absolute Gasteiger partial charge is 0.296 e. The van der Waals surface area contributed by atoms with Crippen LogP contribution in [0, 0.1) is 5.82 Å². The van der Waals surface area contributed by atoms with Gasteiger partial charge < -0.3 is 0 Å². The zero-order valence-corrected chi connectivity index (χ0v) is 14.3. The molecule has 0 aliphatic carbocycles. The van der Waals surface area contributed by atoms with Gasteiger partial charge in [-0.15, -0.1) is 0 Å². The van der Waals surface area contributed by atoms with Crippen molar-refractivity contribution in [2.24, 2.45) is 0 Å². The van der Waals surface area contributed by atoms with Crippen LogP contribution in [0.3, 0.4) is 0 Å². The first-order valence-electron chi connectivity index (χ1n) is 6.56. The van der Waals surface area contributed by atoms with Crippen LogP contribution in [-0.2, 0) is 0 Å². The first-order valence-corrected chi connectivity index (χ1v) is 8.79. The van der Waals surface area contributed by atoms with Crippen LogP contribution in [0.25, 0.3) is 0 Å². The highest BCUT2D eigenvalue weighted by Crippen LogP contribution is 2.49. The van der Waals surface area contributed by atoms with Crippen molar-refractivity contribution in [3.05, 3.63) is 53.3 Å². The Kier molecular flexibility index (Phi) is 4.62. The van der Waals surface area contributed by atoms with Crippen molar-refractivity contribution >= 4 is 56.7 Å². The van der Waals surface area contributed by atoms with Crippen LogP contribution >= 0.6 is 39.7 Å². The molecule has 0 spiro atoms. The molecule has 110 valence electrons. The third kappa shape index (κ3) is 3.00. The average molecular weight is 388 g/mol. The van der Waals surface area contributed by atoms with Crippen molar-refractivity contribution in [1.82, 2.24) is 0 Å². The summed E-state index contributed by atoms with van der Waals surface area (Å²) in [7, 11) is 0. The van der Waals surface area contributed by atoms with E-state index in [2.05, 4.69) is 26.3 Å². The number of rotatable bonds is 4. The fourth-order valence-electron chi connectivity index (χ4n) is 2.22. The monoisotopic (exact) mass is 386 g/mol. The van der Waals surface area contributed by atoms with E-state index in [1.807, 2.05) is 22.5 Å². The van der Waals surface area contributed by atoms with E-state index >= 15 is 0 Å². The minimum absolute atomic E-state index is 0.313. The van der Waals surface area contributed by atoms with Gasteiger partial charge in [-0.05, 0) is 36.8 Å². The summed E-state index contributed by atoms with van der Waals surface area (Å²) in [6.45, 7) is 0.901. The van der Waals surface area contributed by atoms with Gasteiger partial charge in [0.2, 0.25) is 0 Å². The van der Waals surface area contributed by atoms with Crippen LogP contribution in [0.5, 0.6) is 0 Å². The second-order valence-corrected chi connectivity index (χ2v) is 6.80. The van der Waals surface area contributed by atoms with E-state index in [-0.39, 0.29) is 5.82 Å². The van der Waals surface area contributed by atoms with E-state index in [1.165, 1.54) is 18.2 Å². The molecule has 0 saturated heterocycles. The summed E-state index contributed by atoms with van der Waals surface area (Å²) in [6, 6.07) is 12.8. The predicted molar refractivity (Wildman–Crippen MR) is 93.3 cm³/mol. The lowest BCUT2D eigenvalue weighted by Crippen LogP contribution is -2.15. The Balaban J connectivity index is 1.97. The van der Waals surface area contributed by atoms with E-state index in [4.69, 9.17) is 11.6 Å². The van der Waals surface area contributed by atoms with Crippen LogP contribution < -0.4 is 8.61 Å². The van der Waals surface area contributed by atoms with Gasteiger partial charge in [-0.3, -0.25) is 8.61 Å². The number of para-hydroxylation sites is 2. The van der Waals surface area contributed by atoms with Gasteiger partial charge in [0, 0.05) is 16.9 Å². The summed E-state index contributed by atoms with van der Waals surface area (Å²) in [4.78, 5) is 0. The topological polar surface area (TPSA) is 6.48 Å². The predicted octanol–water partition coefficient (Wildman–Crippen LogP) is 5.79. The summed E-state index contributed by atoms with van der Waals surface area (Å²) >= 11 is 10.8. The molecule has 0 radical (unpaired) electrons. The van der Waals surface area contributed by atoms with Crippen molar-refractivity contribution in [1.29, 1.82) is 0 Å². The number of nitrogens with zero attached hydrogens (tertiary/aromatic N) is 2. The zero-order valence-electron chi connectivity index (χ0n) is 11.1. The summed E-state index contributed by atoms with van der Waals surface area (Å²) in [5.41, 5.74) is 2.63. The van der Waals surface area contributed by atoms with Gasteiger partial charge in [-0.2, -0.15) is 0 Å². The molecule has 0 unspecified atom stereocenters. The molecule has 21 heavy (non-hydrogen) atoms. The third-order valence-electron chi connectivity index (χ3n) is 3.17. The molecule has 1 aliphatic rings. The van der Waals surface area contributed by atoms with E-state index in [0.717, 1.165) is 29.7 Å². The van der Waals surface area contributed by atoms with Crippen molar-refractivity contribution in [2.45, 2.75) is 6.42 Å². The Hall–Kier alpha value is -0.910. The maximum Gasteiger partial charge on any atom is 0.149 e. The standard InChI is InChI=1S/C15H13BrClFN2S/c16-8-3-9-19-14-4-1-2-5-15(14)20(21-19)13-7-6-11(17)10-12(13)18/h1-2,4-7,10H,3,8-9H2. The molecule has 0 saturated carbocycles. The molecule has 0 amide bonds. The second kappa shape index (κ2) is 6.46. The van der Waals surface area contributed by atoms with Crippen molar-refractivity contribution in [2.75, 3.05) is 20.5 Å². The number of hydrogen-bond acceptors (Lipinski definition) is 3. The SMILES string of the molecule is Fc1cc(Cl)ccc1N1SN(CCCBr)c2ccccc21. The van der Waals surface area contributed by atoms with Crippen LogP contribution in [0.2, 0.25) is 5.02 Å². The Labute approximate surface area is 141 Å². The van der Waals surface area contributed by atoms with Gasteiger partial charge in [0.25, 0.3) is 0 Å². The number of benzene rings is 2. The van der Waals surface area contributed by atoms with E-state index in [1.54, 1.807) is 12.1 Å². The van der Waals surface area contributed by atoms with Gasteiger partial charge in [-0.1, -0.05) is 39.7 Å². The fourth-order valence-corrected chi connectivity index (χ4v) is 3.76. The molecular weight excluding hydrogens is 375 g/mol. The summed E-state index contributed by atoms with van der Waals surface area (Å²) in [5, 5.41) is 1.35. The van der Waals surface area contributed by atoms with Crippen molar-refractivity contribution in [3.8, 4) is 0 Å². The van der Waals surface area contributed by atoms with Gasteiger partial charge in [0.15, 0.2) is 0 Å². The quantitative estimate of drug-likeness (QED) is 0.484. The average Bonchev–Trinajstić information content (AvgIpc) is 2.84. The summed E-state index contributed by atoms with van der Waals surface area (Å²) < 4.78 is 18.3. The molecule has 0 bridgehead atoms. The Morgan fingerprint density at radius 3 is 2.57 bits per heavy atom. The lowest BCUT2D eigenvalue weighted by atomic mass is 10.2. The van der Waals surface area contributed by atoms with Crippen LogP contribution in [-0.4, -0.2) is 11.9 Å². The number of fused-ring (bicyclic) bond motifs is 1. The third-order valence-corrected chi connectivity index (χ3v) is 5.10.